The number of carbonyl (C=O) groups is 1. The predicted molar refractivity (Wildman–Crippen MR) is 74.1 cm³/mol. The molecule has 0 aliphatic heterocycles. The second-order valence-corrected chi connectivity index (χ2v) is 5.25. The van der Waals surface area contributed by atoms with Crippen molar-refractivity contribution in [1.29, 1.82) is 0 Å². The zero-order chi connectivity index (χ0) is 13.8. The lowest BCUT2D eigenvalue weighted by atomic mass is 9.94. The van der Waals surface area contributed by atoms with Crippen molar-refractivity contribution >= 4 is 17.5 Å². The Bertz CT molecular complexity index is 401. The van der Waals surface area contributed by atoms with Crippen LogP contribution >= 0.6 is 11.6 Å². The third kappa shape index (κ3) is 3.64. The van der Waals surface area contributed by atoms with Gasteiger partial charge in [0.1, 0.15) is 5.75 Å². The van der Waals surface area contributed by atoms with Crippen molar-refractivity contribution in [3.05, 3.63) is 29.8 Å². The van der Waals surface area contributed by atoms with Gasteiger partial charge in [-0.1, -0.05) is 12.1 Å². The highest BCUT2D eigenvalue weighted by atomic mass is 35.5. The van der Waals surface area contributed by atoms with E-state index < -0.39 is 5.41 Å². The van der Waals surface area contributed by atoms with Crippen LogP contribution in [0.5, 0.6) is 5.75 Å². The average Bonchev–Trinajstić information content (AvgIpc) is 2.38. The van der Waals surface area contributed by atoms with Gasteiger partial charge in [0.05, 0.1) is 18.6 Å². The van der Waals surface area contributed by atoms with Crippen LogP contribution in [0.2, 0.25) is 0 Å². The molecule has 0 saturated carbocycles. The highest BCUT2D eigenvalue weighted by Gasteiger charge is 2.27. The van der Waals surface area contributed by atoms with E-state index in [4.69, 9.17) is 16.3 Å². The van der Waals surface area contributed by atoms with Crippen LogP contribution in [0.3, 0.4) is 0 Å². The van der Waals surface area contributed by atoms with Crippen molar-refractivity contribution in [2.45, 2.75) is 26.8 Å². The third-order valence-electron chi connectivity index (χ3n) is 2.91. The van der Waals surface area contributed by atoms with Crippen molar-refractivity contribution in [3.63, 3.8) is 0 Å². The maximum Gasteiger partial charge on any atom is 0.227 e. The molecule has 1 amide bonds. The third-order valence-corrected chi connectivity index (χ3v) is 3.58. The molecule has 1 atom stereocenters. The molecular weight excluding hydrogens is 250 g/mol. The van der Waals surface area contributed by atoms with E-state index >= 15 is 0 Å². The second-order valence-electron chi connectivity index (χ2n) is 4.99. The van der Waals surface area contributed by atoms with Gasteiger partial charge < -0.3 is 10.1 Å². The number of hydrogen-bond acceptors (Lipinski definition) is 2. The molecule has 1 aromatic carbocycles. The summed E-state index contributed by atoms with van der Waals surface area (Å²) in [5, 5.41) is 2.96. The van der Waals surface area contributed by atoms with Crippen LogP contribution in [-0.4, -0.2) is 18.9 Å². The van der Waals surface area contributed by atoms with Crippen molar-refractivity contribution in [3.8, 4) is 5.75 Å². The maximum absolute atomic E-state index is 12.0. The first-order valence-electron chi connectivity index (χ1n) is 5.91. The summed E-state index contributed by atoms with van der Waals surface area (Å²) >= 11 is 5.78. The van der Waals surface area contributed by atoms with Gasteiger partial charge in [0.25, 0.3) is 0 Å². The molecule has 1 rings (SSSR count). The zero-order valence-corrected chi connectivity index (χ0v) is 12.0. The Hall–Kier alpha value is -1.22. The highest BCUT2D eigenvalue weighted by Crippen LogP contribution is 2.21. The van der Waals surface area contributed by atoms with Crippen LogP contribution in [0.4, 0.5) is 0 Å². The molecule has 0 aliphatic rings. The molecule has 0 aromatic heterocycles. The number of halogens is 1. The average molecular weight is 270 g/mol. The van der Waals surface area contributed by atoms with Crippen LogP contribution < -0.4 is 10.1 Å². The SMILES string of the molecule is COc1ccc([C@H](C)NC(=O)C(C)(C)CCl)cc1. The fourth-order valence-electron chi connectivity index (χ4n) is 1.43. The van der Waals surface area contributed by atoms with Crippen molar-refractivity contribution in [2.24, 2.45) is 5.41 Å². The van der Waals surface area contributed by atoms with Crippen molar-refractivity contribution in [1.82, 2.24) is 5.32 Å². The molecule has 1 aromatic rings. The van der Waals surface area contributed by atoms with E-state index in [-0.39, 0.29) is 11.9 Å². The summed E-state index contributed by atoms with van der Waals surface area (Å²) < 4.78 is 5.10. The van der Waals surface area contributed by atoms with Crippen LogP contribution in [0.15, 0.2) is 24.3 Å². The summed E-state index contributed by atoms with van der Waals surface area (Å²) in [6.07, 6.45) is 0. The number of alkyl halides is 1. The fourth-order valence-corrected chi connectivity index (χ4v) is 1.55. The Morgan fingerprint density at radius 3 is 2.39 bits per heavy atom. The molecule has 4 heteroatoms. The number of benzene rings is 1. The Kier molecular flexibility index (Phi) is 5.03. The molecule has 100 valence electrons. The molecular formula is C14H20ClNO2. The van der Waals surface area contributed by atoms with E-state index in [0.29, 0.717) is 5.88 Å². The van der Waals surface area contributed by atoms with Crippen LogP contribution in [0.1, 0.15) is 32.4 Å². The molecule has 0 unspecified atom stereocenters. The monoisotopic (exact) mass is 269 g/mol. The summed E-state index contributed by atoms with van der Waals surface area (Å²) in [5.74, 6) is 1.06. The molecule has 3 nitrogen and oxygen atoms in total. The van der Waals surface area contributed by atoms with Crippen molar-refractivity contribution in [2.75, 3.05) is 13.0 Å². The zero-order valence-electron chi connectivity index (χ0n) is 11.3. The molecule has 0 aliphatic carbocycles. The standard InChI is InChI=1S/C14H20ClNO2/c1-10(16-13(17)14(2,3)9-15)11-5-7-12(18-4)8-6-11/h5-8,10H,9H2,1-4H3,(H,16,17)/t10-/m0/s1. The summed E-state index contributed by atoms with van der Waals surface area (Å²) in [4.78, 5) is 12.0. The quantitative estimate of drug-likeness (QED) is 0.834. The van der Waals surface area contributed by atoms with E-state index in [9.17, 15) is 4.79 Å². The second kappa shape index (κ2) is 6.10. The highest BCUT2D eigenvalue weighted by molar-refractivity contribution is 6.19. The Morgan fingerprint density at radius 1 is 1.39 bits per heavy atom. The maximum atomic E-state index is 12.0. The van der Waals surface area contributed by atoms with Gasteiger partial charge in [-0.25, -0.2) is 0 Å². The Labute approximate surface area is 113 Å². The van der Waals surface area contributed by atoms with E-state index in [1.807, 2.05) is 45.0 Å². The van der Waals surface area contributed by atoms with E-state index in [2.05, 4.69) is 5.32 Å². The van der Waals surface area contributed by atoms with Gasteiger partial charge in [-0.2, -0.15) is 0 Å². The first kappa shape index (κ1) is 14.8. The van der Waals surface area contributed by atoms with Crippen molar-refractivity contribution < 1.29 is 9.53 Å². The number of carbonyl (C=O) groups excluding carboxylic acids is 1. The van der Waals surface area contributed by atoms with Gasteiger partial charge in [0.15, 0.2) is 0 Å². The van der Waals surface area contributed by atoms with Crippen LogP contribution in [0.25, 0.3) is 0 Å². The summed E-state index contributed by atoms with van der Waals surface area (Å²) in [6.45, 7) is 5.61. The molecule has 0 heterocycles. The van der Waals surface area contributed by atoms with Gasteiger partial charge in [0, 0.05) is 5.88 Å². The minimum absolute atomic E-state index is 0.0409. The Morgan fingerprint density at radius 2 is 1.94 bits per heavy atom. The number of hydrogen-bond donors (Lipinski definition) is 1. The topological polar surface area (TPSA) is 38.3 Å². The lowest BCUT2D eigenvalue weighted by Gasteiger charge is -2.24. The number of ether oxygens (including phenoxy) is 1. The fraction of sp³-hybridized carbons (Fsp3) is 0.500. The lowest BCUT2D eigenvalue weighted by molar-refractivity contribution is -0.129. The molecule has 0 spiro atoms. The first-order valence-corrected chi connectivity index (χ1v) is 6.45. The smallest absolute Gasteiger partial charge is 0.227 e. The van der Waals surface area contributed by atoms with E-state index in [1.54, 1.807) is 7.11 Å². The molecule has 0 bridgehead atoms. The first-order chi connectivity index (χ1) is 8.40. The molecule has 0 radical (unpaired) electrons. The van der Waals surface area contributed by atoms with Gasteiger partial charge in [-0.15, -0.1) is 11.6 Å². The molecule has 0 saturated heterocycles. The van der Waals surface area contributed by atoms with Gasteiger partial charge in [-0.05, 0) is 38.5 Å². The minimum atomic E-state index is -0.553. The summed E-state index contributed by atoms with van der Waals surface area (Å²) in [5.41, 5.74) is 0.483. The number of amides is 1. The van der Waals surface area contributed by atoms with Gasteiger partial charge >= 0.3 is 0 Å². The number of nitrogens with one attached hydrogen (secondary N) is 1. The number of methoxy groups -OCH3 is 1. The lowest BCUT2D eigenvalue weighted by Crippen LogP contribution is -2.39. The molecule has 0 fully saturated rings. The van der Waals surface area contributed by atoms with Crippen LogP contribution in [-0.2, 0) is 4.79 Å². The normalized spacial score (nSPS) is 12.9. The van der Waals surface area contributed by atoms with Gasteiger partial charge in [0.2, 0.25) is 5.91 Å². The number of rotatable bonds is 5. The minimum Gasteiger partial charge on any atom is -0.497 e. The Balaban J connectivity index is 2.70. The largest absolute Gasteiger partial charge is 0.497 e. The van der Waals surface area contributed by atoms with Gasteiger partial charge in [-0.3, -0.25) is 4.79 Å². The van der Waals surface area contributed by atoms with E-state index in [0.717, 1.165) is 11.3 Å². The summed E-state index contributed by atoms with van der Waals surface area (Å²) in [6, 6.07) is 7.59. The van der Waals surface area contributed by atoms with E-state index in [1.165, 1.54) is 0 Å². The predicted octanol–water partition coefficient (Wildman–Crippen LogP) is 3.14. The molecule has 1 N–H and O–H groups in total. The van der Waals surface area contributed by atoms with Crippen LogP contribution in [0, 0.1) is 5.41 Å². The molecule has 18 heavy (non-hydrogen) atoms. The summed E-state index contributed by atoms with van der Waals surface area (Å²) in [7, 11) is 1.63.